The standard InChI is InChI=1S/C24H39N3O3.C7H6F2.C3H8/c1-6-11-21(27-23(28)16-26-19(5)7-2)24(29)25-15-10-13-20-12-8-9-14-22(20)30-17-18(3)4;1-5-2-3-6(8)7(9)4-5;1-3-2/h8-9,12,14,18,21,26H,5-7,10-11,13,15-17H2,1-4H3,(H,25,29)(H,27,28);2-4H,1H3;3H2,1-2H3. The van der Waals surface area contributed by atoms with Crippen LogP contribution in [0.2, 0.25) is 0 Å². The van der Waals surface area contributed by atoms with Crippen LogP contribution in [0.25, 0.3) is 0 Å². The lowest BCUT2D eigenvalue weighted by Gasteiger charge is -2.18. The number of carbonyl (C=O) groups is 2. The van der Waals surface area contributed by atoms with Gasteiger partial charge >= 0.3 is 0 Å². The van der Waals surface area contributed by atoms with Crippen molar-refractivity contribution in [3.8, 4) is 5.75 Å². The molecule has 0 fully saturated rings. The zero-order chi connectivity index (χ0) is 31.9. The number of hydrogen-bond acceptors (Lipinski definition) is 4. The quantitative estimate of drug-likeness (QED) is 0.191. The Bertz CT molecular complexity index is 1060. The number of carbonyl (C=O) groups excluding carboxylic acids is 2. The van der Waals surface area contributed by atoms with Gasteiger partial charge in [0.15, 0.2) is 11.6 Å². The van der Waals surface area contributed by atoms with E-state index in [0.717, 1.165) is 60.4 Å². The molecule has 1 atom stereocenters. The fraction of sp³-hybridized carbons (Fsp3) is 0.529. The van der Waals surface area contributed by atoms with Gasteiger partial charge in [-0.3, -0.25) is 9.59 Å². The van der Waals surface area contributed by atoms with Crippen molar-refractivity contribution in [3.05, 3.63) is 77.5 Å². The van der Waals surface area contributed by atoms with Crippen LogP contribution in [0.5, 0.6) is 5.75 Å². The molecule has 1 unspecified atom stereocenters. The van der Waals surface area contributed by atoms with E-state index in [-0.39, 0.29) is 18.4 Å². The number of hydrogen-bond donors (Lipinski definition) is 3. The minimum absolute atomic E-state index is 0.132. The first-order valence-corrected chi connectivity index (χ1v) is 15.1. The van der Waals surface area contributed by atoms with Gasteiger partial charge in [-0.1, -0.05) is 85.2 Å². The van der Waals surface area contributed by atoms with E-state index in [1.54, 1.807) is 6.92 Å². The second-order valence-corrected chi connectivity index (χ2v) is 10.6. The van der Waals surface area contributed by atoms with Crippen molar-refractivity contribution >= 4 is 11.8 Å². The molecule has 0 spiro atoms. The molecular weight excluding hydrogens is 536 g/mol. The molecule has 236 valence electrons. The third-order valence-electron chi connectivity index (χ3n) is 5.70. The molecule has 0 aliphatic carbocycles. The van der Waals surface area contributed by atoms with Crippen molar-refractivity contribution in [2.45, 2.75) is 93.0 Å². The topological polar surface area (TPSA) is 79.5 Å². The summed E-state index contributed by atoms with van der Waals surface area (Å²) in [5, 5.41) is 8.74. The van der Waals surface area contributed by atoms with Gasteiger partial charge in [-0.25, -0.2) is 8.78 Å². The second-order valence-electron chi connectivity index (χ2n) is 10.6. The molecule has 2 rings (SSSR count). The summed E-state index contributed by atoms with van der Waals surface area (Å²) in [7, 11) is 0. The molecule has 0 radical (unpaired) electrons. The molecule has 0 saturated carbocycles. The fourth-order valence-electron chi connectivity index (χ4n) is 3.46. The monoisotopic (exact) mass is 589 g/mol. The van der Waals surface area contributed by atoms with Gasteiger partial charge in [0.05, 0.1) is 13.2 Å². The Morgan fingerprint density at radius 3 is 2.21 bits per heavy atom. The van der Waals surface area contributed by atoms with Crippen LogP contribution < -0.4 is 20.7 Å². The zero-order valence-corrected chi connectivity index (χ0v) is 26.7. The van der Waals surface area contributed by atoms with Gasteiger partial charge in [-0.2, -0.15) is 0 Å². The first kappa shape index (κ1) is 38.6. The molecule has 2 aromatic rings. The third kappa shape index (κ3) is 18.1. The molecule has 3 N–H and O–H groups in total. The predicted molar refractivity (Wildman–Crippen MR) is 169 cm³/mol. The fourth-order valence-corrected chi connectivity index (χ4v) is 3.46. The molecule has 8 heteroatoms. The van der Waals surface area contributed by atoms with E-state index in [1.807, 2.05) is 32.0 Å². The number of aryl methyl sites for hydroxylation is 2. The van der Waals surface area contributed by atoms with Gasteiger partial charge in [0.2, 0.25) is 11.8 Å². The van der Waals surface area contributed by atoms with Gasteiger partial charge < -0.3 is 20.7 Å². The van der Waals surface area contributed by atoms with E-state index < -0.39 is 17.7 Å². The number of para-hydroxylation sites is 1. The summed E-state index contributed by atoms with van der Waals surface area (Å²) in [4.78, 5) is 24.6. The van der Waals surface area contributed by atoms with E-state index in [2.05, 4.69) is 56.3 Å². The summed E-state index contributed by atoms with van der Waals surface area (Å²) in [6.45, 7) is 19.4. The van der Waals surface area contributed by atoms with Crippen molar-refractivity contribution in [2.24, 2.45) is 5.92 Å². The highest BCUT2D eigenvalue weighted by Crippen LogP contribution is 2.20. The Labute approximate surface area is 252 Å². The minimum atomic E-state index is -0.791. The van der Waals surface area contributed by atoms with Crippen molar-refractivity contribution < 1.29 is 23.1 Å². The van der Waals surface area contributed by atoms with Crippen LogP contribution in [0.4, 0.5) is 8.78 Å². The zero-order valence-electron chi connectivity index (χ0n) is 26.7. The predicted octanol–water partition coefficient (Wildman–Crippen LogP) is 7.26. The largest absolute Gasteiger partial charge is 0.493 e. The molecule has 42 heavy (non-hydrogen) atoms. The van der Waals surface area contributed by atoms with Crippen molar-refractivity contribution in [2.75, 3.05) is 19.7 Å². The Morgan fingerprint density at radius 2 is 1.64 bits per heavy atom. The van der Waals surface area contributed by atoms with Crippen LogP contribution in [-0.4, -0.2) is 37.6 Å². The van der Waals surface area contributed by atoms with Crippen molar-refractivity contribution in [3.63, 3.8) is 0 Å². The Kier molecular flexibility index (Phi) is 21.3. The number of rotatable bonds is 15. The average molecular weight is 590 g/mol. The normalized spacial score (nSPS) is 10.8. The van der Waals surface area contributed by atoms with E-state index in [9.17, 15) is 18.4 Å². The molecule has 2 amide bonds. The average Bonchev–Trinajstić information content (AvgIpc) is 2.96. The summed E-state index contributed by atoms with van der Waals surface area (Å²) in [5.74, 6) is -0.526. The SMILES string of the molecule is C=C(CC)NCC(=O)NC(CCC)C(=O)NCCCc1ccccc1OCC(C)C.CCC.Cc1ccc(F)c(F)c1. The maximum absolute atomic E-state index is 12.5. The van der Waals surface area contributed by atoms with E-state index >= 15 is 0 Å². The summed E-state index contributed by atoms with van der Waals surface area (Å²) in [6, 6.07) is 11.3. The number of halogens is 2. The van der Waals surface area contributed by atoms with E-state index in [1.165, 1.54) is 12.5 Å². The highest BCUT2D eigenvalue weighted by Gasteiger charge is 2.19. The molecular formula is C34H53F2N3O3. The number of nitrogens with one attached hydrogen (secondary N) is 3. The number of amides is 2. The Hall–Kier alpha value is -3.42. The molecule has 0 aliphatic rings. The van der Waals surface area contributed by atoms with Gasteiger partial charge in [0.25, 0.3) is 0 Å². The highest BCUT2D eigenvalue weighted by molar-refractivity contribution is 5.88. The van der Waals surface area contributed by atoms with E-state index in [0.29, 0.717) is 25.5 Å². The van der Waals surface area contributed by atoms with Crippen molar-refractivity contribution in [1.82, 2.24) is 16.0 Å². The van der Waals surface area contributed by atoms with Crippen LogP contribution in [0.1, 0.15) is 84.8 Å². The van der Waals surface area contributed by atoms with Gasteiger partial charge in [-0.15, -0.1) is 0 Å². The first-order chi connectivity index (χ1) is 20.0. The third-order valence-corrected chi connectivity index (χ3v) is 5.70. The maximum Gasteiger partial charge on any atom is 0.242 e. The van der Waals surface area contributed by atoms with Crippen LogP contribution in [-0.2, 0) is 16.0 Å². The highest BCUT2D eigenvalue weighted by atomic mass is 19.2. The number of ether oxygens (including phenoxy) is 1. The lowest BCUT2D eigenvalue weighted by Crippen LogP contribution is -2.49. The molecule has 0 bridgehead atoms. The second kappa shape index (κ2) is 23.2. The van der Waals surface area contributed by atoms with Gasteiger partial charge in [0, 0.05) is 12.2 Å². The smallest absolute Gasteiger partial charge is 0.242 e. The number of allylic oxidation sites excluding steroid dienone is 1. The van der Waals surface area contributed by atoms with Crippen LogP contribution in [0.15, 0.2) is 54.7 Å². The van der Waals surface area contributed by atoms with Crippen molar-refractivity contribution in [1.29, 1.82) is 0 Å². The summed E-state index contributed by atoms with van der Waals surface area (Å²) >= 11 is 0. The number of benzene rings is 2. The summed E-state index contributed by atoms with van der Waals surface area (Å²) < 4.78 is 30.2. The lowest BCUT2D eigenvalue weighted by atomic mass is 10.1. The van der Waals surface area contributed by atoms with Crippen LogP contribution >= 0.6 is 0 Å². The molecule has 2 aromatic carbocycles. The Balaban J connectivity index is 0.00000116. The van der Waals surface area contributed by atoms with E-state index in [4.69, 9.17) is 4.74 Å². The molecule has 0 heterocycles. The van der Waals surface area contributed by atoms with Gasteiger partial charge in [0.1, 0.15) is 11.8 Å². The van der Waals surface area contributed by atoms with Crippen LogP contribution in [0.3, 0.4) is 0 Å². The first-order valence-electron chi connectivity index (χ1n) is 15.1. The Morgan fingerprint density at radius 1 is 0.976 bits per heavy atom. The molecule has 6 nitrogen and oxygen atoms in total. The summed E-state index contributed by atoms with van der Waals surface area (Å²) in [6.07, 6.45) is 5.06. The van der Waals surface area contributed by atoms with Crippen LogP contribution in [0, 0.1) is 24.5 Å². The molecule has 0 aliphatic heterocycles. The maximum atomic E-state index is 12.5. The van der Waals surface area contributed by atoms with Gasteiger partial charge in [-0.05, 0) is 67.9 Å². The molecule has 0 saturated heterocycles. The molecule has 0 aromatic heterocycles. The minimum Gasteiger partial charge on any atom is -0.493 e. The lowest BCUT2D eigenvalue weighted by molar-refractivity contribution is -0.128. The summed E-state index contributed by atoms with van der Waals surface area (Å²) in [5.41, 5.74) is 2.68.